The molecule has 1 heterocycles. The van der Waals surface area contributed by atoms with Gasteiger partial charge in [0.1, 0.15) is 5.75 Å². The third kappa shape index (κ3) is 3.79. The highest BCUT2D eigenvalue weighted by molar-refractivity contribution is 6.09. The molecule has 5 rings (SSSR count). The summed E-state index contributed by atoms with van der Waals surface area (Å²) in [6.45, 7) is 0. The molecule has 1 N–H and O–H groups in total. The maximum atomic E-state index is 13.1. The molecule has 4 heteroatoms. The molecule has 156 valence electrons. The number of carbonyl (C=O) groups is 1. The molecule has 0 fully saturated rings. The third-order valence-electron chi connectivity index (χ3n) is 5.75. The zero-order valence-electron chi connectivity index (χ0n) is 17.4. The second-order valence-corrected chi connectivity index (χ2v) is 7.79. The van der Waals surface area contributed by atoms with Crippen LogP contribution in [0.25, 0.3) is 16.8 Å². The molecule has 1 atom stereocenters. The number of fused-ring (bicyclic) bond motifs is 1. The fraction of sp³-hybridized carbons (Fsp3) is 0.0714. The summed E-state index contributed by atoms with van der Waals surface area (Å²) in [4.78, 5) is 13.1. The summed E-state index contributed by atoms with van der Waals surface area (Å²) < 4.78 is 0. The van der Waals surface area contributed by atoms with Crippen LogP contribution in [0.1, 0.15) is 29.2 Å². The molecule has 0 saturated carbocycles. The number of amides is 1. The molecule has 4 nitrogen and oxygen atoms in total. The molecular weight excluding hydrogens is 396 g/mol. The first kappa shape index (κ1) is 19.8. The molecule has 0 unspecified atom stereocenters. The molecule has 1 amide bonds. The molecule has 0 bridgehead atoms. The average molecular weight is 418 g/mol. The van der Waals surface area contributed by atoms with Gasteiger partial charge >= 0.3 is 0 Å². The van der Waals surface area contributed by atoms with Gasteiger partial charge in [-0.05, 0) is 28.7 Å². The first-order valence-electron chi connectivity index (χ1n) is 10.6. The lowest BCUT2D eigenvalue weighted by atomic mass is 9.96. The van der Waals surface area contributed by atoms with Crippen LogP contribution in [0.2, 0.25) is 0 Å². The summed E-state index contributed by atoms with van der Waals surface area (Å²) >= 11 is 0. The summed E-state index contributed by atoms with van der Waals surface area (Å²) in [7, 11) is 0. The zero-order valence-corrected chi connectivity index (χ0v) is 17.4. The van der Waals surface area contributed by atoms with E-state index in [4.69, 9.17) is 0 Å². The molecule has 1 aliphatic rings. The van der Waals surface area contributed by atoms with Crippen LogP contribution in [0, 0.1) is 0 Å². The van der Waals surface area contributed by atoms with E-state index in [0.29, 0.717) is 17.7 Å². The van der Waals surface area contributed by atoms with E-state index in [0.717, 1.165) is 21.9 Å². The Balaban J connectivity index is 1.52. The van der Waals surface area contributed by atoms with Crippen molar-refractivity contribution in [1.82, 2.24) is 5.01 Å². The summed E-state index contributed by atoms with van der Waals surface area (Å²) in [5.74, 6) is 0.000716. The maximum absolute atomic E-state index is 13.1. The van der Waals surface area contributed by atoms with Crippen LogP contribution in [0.3, 0.4) is 0 Å². The molecule has 0 saturated heterocycles. The number of aromatic hydroxyl groups is 1. The van der Waals surface area contributed by atoms with E-state index in [1.807, 2.05) is 97.1 Å². The van der Waals surface area contributed by atoms with Crippen molar-refractivity contribution in [3.05, 3.63) is 120 Å². The van der Waals surface area contributed by atoms with Crippen molar-refractivity contribution in [3.8, 4) is 5.75 Å². The van der Waals surface area contributed by atoms with Crippen molar-refractivity contribution in [2.75, 3.05) is 0 Å². The summed E-state index contributed by atoms with van der Waals surface area (Å²) in [5.41, 5.74) is 3.32. The first-order valence-corrected chi connectivity index (χ1v) is 10.6. The Bertz CT molecular complexity index is 1330. The van der Waals surface area contributed by atoms with E-state index in [1.54, 1.807) is 12.2 Å². The van der Waals surface area contributed by atoms with Gasteiger partial charge in [0, 0.05) is 23.4 Å². The van der Waals surface area contributed by atoms with E-state index in [2.05, 4.69) is 5.10 Å². The average Bonchev–Trinajstić information content (AvgIpc) is 3.29. The van der Waals surface area contributed by atoms with E-state index in [1.165, 1.54) is 5.01 Å². The second-order valence-electron chi connectivity index (χ2n) is 7.79. The Kier molecular flexibility index (Phi) is 5.26. The Labute approximate surface area is 186 Å². The van der Waals surface area contributed by atoms with Gasteiger partial charge in [-0.1, -0.05) is 91.0 Å². The lowest BCUT2D eigenvalue weighted by molar-refractivity contribution is -0.127. The predicted octanol–water partition coefficient (Wildman–Crippen LogP) is 5.94. The molecular formula is C28H22N2O2. The molecule has 0 aromatic heterocycles. The van der Waals surface area contributed by atoms with Gasteiger partial charge in [0.05, 0.1) is 11.8 Å². The van der Waals surface area contributed by atoms with E-state index < -0.39 is 0 Å². The standard InChI is InChI=1S/C28H22N2O2/c31-27(18-15-20-9-3-1-4-10-20)30-26(22-12-5-2-6-13-22)19-25(29-30)24-17-16-21-11-7-8-14-23(21)28(24)32/h1-18,26,32H,19H2/b18-15+/t26-/m1/s1. The number of rotatable bonds is 4. The van der Waals surface area contributed by atoms with Crippen LogP contribution in [-0.2, 0) is 4.79 Å². The smallest absolute Gasteiger partial charge is 0.267 e. The second kappa shape index (κ2) is 8.52. The number of hydrogen-bond acceptors (Lipinski definition) is 3. The molecule has 0 aliphatic carbocycles. The van der Waals surface area contributed by atoms with E-state index >= 15 is 0 Å². The van der Waals surface area contributed by atoms with Gasteiger partial charge in [-0.2, -0.15) is 5.10 Å². The highest BCUT2D eigenvalue weighted by Gasteiger charge is 2.33. The molecule has 0 radical (unpaired) electrons. The van der Waals surface area contributed by atoms with E-state index in [-0.39, 0.29) is 17.7 Å². The van der Waals surface area contributed by atoms with Crippen LogP contribution in [0.4, 0.5) is 0 Å². The van der Waals surface area contributed by atoms with Gasteiger partial charge < -0.3 is 5.11 Å². The Hall–Kier alpha value is -4.18. The molecule has 1 aliphatic heterocycles. The van der Waals surface area contributed by atoms with Crippen LogP contribution < -0.4 is 0 Å². The van der Waals surface area contributed by atoms with Crippen LogP contribution in [0.5, 0.6) is 5.75 Å². The largest absolute Gasteiger partial charge is 0.507 e. The topological polar surface area (TPSA) is 52.9 Å². The van der Waals surface area contributed by atoms with Crippen molar-refractivity contribution in [2.45, 2.75) is 12.5 Å². The minimum atomic E-state index is -0.231. The SMILES string of the molecule is O=C(/C=C/c1ccccc1)N1N=C(c2ccc3ccccc3c2O)C[C@@H]1c1ccccc1. The lowest BCUT2D eigenvalue weighted by Crippen LogP contribution is -2.25. The number of phenols is 1. The normalized spacial score (nSPS) is 15.9. The third-order valence-corrected chi connectivity index (χ3v) is 5.75. The summed E-state index contributed by atoms with van der Waals surface area (Å²) in [6, 6.07) is 30.9. The van der Waals surface area contributed by atoms with Gasteiger partial charge in [0.2, 0.25) is 0 Å². The predicted molar refractivity (Wildman–Crippen MR) is 128 cm³/mol. The number of nitrogens with zero attached hydrogens (tertiary/aromatic N) is 2. The molecule has 32 heavy (non-hydrogen) atoms. The number of carbonyl (C=O) groups excluding carboxylic acids is 1. The van der Waals surface area contributed by atoms with Crippen LogP contribution in [0.15, 0.2) is 108 Å². The lowest BCUT2D eigenvalue weighted by Gasteiger charge is -2.20. The van der Waals surface area contributed by atoms with Gasteiger partial charge in [-0.3, -0.25) is 4.79 Å². The summed E-state index contributed by atoms with van der Waals surface area (Å²) in [5, 5.41) is 18.9. The number of phenolic OH excluding ortho intramolecular Hbond substituents is 1. The van der Waals surface area contributed by atoms with Crippen molar-refractivity contribution in [2.24, 2.45) is 5.10 Å². The fourth-order valence-electron chi connectivity index (χ4n) is 4.11. The molecule has 4 aromatic rings. The minimum absolute atomic E-state index is 0.196. The van der Waals surface area contributed by atoms with Crippen molar-refractivity contribution >= 4 is 28.5 Å². The Morgan fingerprint density at radius 2 is 1.56 bits per heavy atom. The van der Waals surface area contributed by atoms with Crippen molar-refractivity contribution < 1.29 is 9.90 Å². The van der Waals surface area contributed by atoms with Crippen LogP contribution in [-0.4, -0.2) is 21.7 Å². The molecule has 0 spiro atoms. The fourth-order valence-corrected chi connectivity index (χ4v) is 4.11. The Morgan fingerprint density at radius 1 is 0.875 bits per heavy atom. The number of benzene rings is 4. The Morgan fingerprint density at radius 3 is 2.34 bits per heavy atom. The first-order chi connectivity index (χ1) is 15.7. The van der Waals surface area contributed by atoms with Gasteiger partial charge in [0.25, 0.3) is 5.91 Å². The van der Waals surface area contributed by atoms with Gasteiger partial charge in [-0.25, -0.2) is 5.01 Å². The highest BCUT2D eigenvalue weighted by atomic mass is 16.3. The van der Waals surface area contributed by atoms with Gasteiger partial charge in [0.15, 0.2) is 0 Å². The van der Waals surface area contributed by atoms with Crippen molar-refractivity contribution in [3.63, 3.8) is 0 Å². The quantitative estimate of drug-likeness (QED) is 0.417. The van der Waals surface area contributed by atoms with Gasteiger partial charge in [-0.15, -0.1) is 0 Å². The highest BCUT2D eigenvalue weighted by Crippen LogP contribution is 2.37. The summed E-state index contributed by atoms with van der Waals surface area (Å²) in [6.07, 6.45) is 3.88. The maximum Gasteiger partial charge on any atom is 0.267 e. The monoisotopic (exact) mass is 418 g/mol. The molecule has 4 aromatic carbocycles. The zero-order chi connectivity index (χ0) is 21.9. The minimum Gasteiger partial charge on any atom is -0.507 e. The van der Waals surface area contributed by atoms with Crippen LogP contribution >= 0.6 is 0 Å². The van der Waals surface area contributed by atoms with Crippen molar-refractivity contribution in [1.29, 1.82) is 0 Å². The van der Waals surface area contributed by atoms with E-state index in [9.17, 15) is 9.90 Å². The number of hydrogen-bond donors (Lipinski definition) is 1. The number of hydrazone groups is 1.